The number of carbonyl (C=O) groups is 9. The lowest BCUT2D eigenvalue weighted by Gasteiger charge is -2.41. The third-order valence-corrected chi connectivity index (χ3v) is 14.5. The van der Waals surface area contributed by atoms with Gasteiger partial charge in [-0.25, -0.2) is 0 Å². The van der Waals surface area contributed by atoms with Crippen LogP contribution in [0.2, 0.25) is 0 Å². The molecule has 20 nitrogen and oxygen atoms in total. The van der Waals surface area contributed by atoms with Crippen molar-refractivity contribution in [3.05, 3.63) is 42.0 Å². The number of rotatable bonds is 25. The smallest absolute Gasteiger partial charge is 0.254 e. The zero-order chi connectivity index (χ0) is 53.6. The molecular weight excluding hydrogens is 927 g/mol. The lowest BCUT2D eigenvalue weighted by atomic mass is 9.89. The highest BCUT2D eigenvalue weighted by Crippen LogP contribution is 2.30. The summed E-state index contributed by atoms with van der Waals surface area (Å²) in [5.41, 5.74) is 1.30. The average molecular weight is 1010 g/mol. The summed E-state index contributed by atoms with van der Waals surface area (Å²) in [6, 6.07) is 3.46. The normalized spacial score (nSPS) is 20.5. The van der Waals surface area contributed by atoms with Crippen LogP contribution < -0.4 is 21.3 Å². The van der Waals surface area contributed by atoms with E-state index in [0.717, 1.165) is 54.8 Å². The predicted molar refractivity (Wildman–Crippen MR) is 271 cm³/mol. The first kappa shape index (κ1) is 58.8. The van der Waals surface area contributed by atoms with Gasteiger partial charge in [0.1, 0.15) is 24.7 Å². The van der Waals surface area contributed by atoms with Crippen molar-refractivity contribution in [2.45, 2.75) is 136 Å². The number of hydrogen-bond acceptors (Lipinski definition) is 12. The summed E-state index contributed by atoms with van der Waals surface area (Å²) in [5, 5.41) is 10.8. The van der Waals surface area contributed by atoms with Gasteiger partial charge in [0.05, 0.1) is 42.5 Å². The molecule has 72 heavy (non-hydrogen) atoms. The quantitative estimate of drug-likeness (QED) is 0.103. The molecule has 10 atom stereocenters. The topological polar surface area (TPSA) is 236 Å². The van der Waals surface area contributed by atoms with Gasteiger partial charge in [0, 0.05) is 65.8 Å². The highest BCUT2D eigenvalue weighted by molar-refractivity contribution is 6.14. The van der Waals surface area contributed by atoms with E-state index in [1.54, 1.807) is 61.2 Å². The maximum Gasteiger partial charge on any atom is 0.254 e. The maximum atomic E-state index is 14.4. The molecule has 4 rings (SSSR count). The van der Waals surface area contributed by atoms with Gasteiger partial charge in [-0.3, -0.25) is 48.1 Å². The number of amides is 9. The number of benzene rings is 1. The fourth-order valence-corrected chi connectivity index (χ4v) is 9.98. The van der Waals surface area contributed by atoms with Crippen molar-refractivity contribution in [3.63, 3.8) is 0 Å². The molecule has 2 fully saturated rings. The summed E-state index contributed by atoms with van der Waals surface area (Å²) in [6.07, 6.45) is 5.10. The molecule has 1 aromatic carbocycles. The molecule has 0 unspecified atom stereocenters. The first-order valence-electron chi connectivity index (χ1n) is 25.4. The van der Waals surface area contributed by atoms with Crippen LogP contribution in [-0.2, 0) is 59.0 Å². The summed E-state index contributed by atoms with van der Waals surface area (Å²) >= 11 is 0. The fourth-order valence-electron chi connectivity index (χ4n) is 9.98. The monoisotopic (exact) mass is 1010 g/mol. The molecule has 20 heteroatoms. The van der Waals surface area contributed by atoms with E-state index in [0.29, 0.717) is 38.2 Å². The Morgan fingerprint density at radius 3 is 2.08 bits per heavy atom. The maximum absolute atomic E-state index is 14.4. The number of hydrogen-bond donors (Lipinski definition) is 4. The molecule has 1 aromatic rings. The SMILES string of the molecule is CC[C@H](C)[C@@H]([C@@H](CC(=O)N1CCC[C@H]1[C@H](OC)[C@@H](C)C(=O)N(C)CCc1cccc(NC(=O)[C@H](C)NC(=O)[C@H](C)NC(=O)CN2C(=O)C=CC2=O)c1)OC)N(C)C(=O)[C@@H](NC(=O)[C@@H]1CCCN(C)C1)C(C)C. The molecule has 3 aliphatic heterocycles. The molecule has 400 valence electrons. The Labute approximate surface area is 425 Å². The van der Waals surface area contributed by atoms with Crippen LogP contribution in [0, 0.1) is 23.7 Å². The second-order valence-electron chi connectivity index (χ2n) is 20.2. The Balaban J connectivity index is 1.33. The third-order valence-electron chi connectivity index (χ3n) is 14.5. The van der Waals surface area contributed by atoms with Gasteiger partial charge in [-0.05, 0) is 89.1 Å². The third kappa shape index (κ3) is 15.6. The van der Waals surface area contributed by atoms with Crippen molar-refractivity contribution in [1.82, 2.24) is 40.4 Å². The number of nitrogens with one attached hydrogen (secondary N) is 4. The second-order valence-corrected chi connectivity index (χ2v) is 20.2. The number of nitrogens with zero attached hydrogens (tertiary/aromatic N) is 5. The standard InChI is InChI=1S/C52H81N9O11/c1-13-32(4)46(59(10)52(70)45(31(2)3)56-50(68)37-18-15-24-57(8)29-37)40(71-11)28-44(65)60-25-16-20-39(60)47(72-12)33(5)51(69)58(9)26-23-36-17-14-19-38(27-36)55-49(67)35(7)54-48(66)34(6)53-41(62)30-61-42(63)21-22-43(61)64/h14,17,19,21-22,27,31-35,37,39-40,45-47H,13,15-16,18,20,23-26,28-30H2,1-12H3,(H,53,62)(H,54,66)(H,55,67)(H,56,68)/t32-,33+,34-,35-,37+,39-,40+,45-,46-,47+/m0/s1. The first-order valence-corrected chi connectivity index (χ1v) is 25.4. The Bertz CT molecular complexity index is 2120. The number of likely N-dealkylation sites (tertiary alicyclic amines) is 2. The fraction of sp³-hybridized carbons (Fsp3) is 0.673. The van der Waals surface area contributed by atoms with Crippen molar-refractivity contribution in [2.24, 2.45) is 23.7 Å². The molecule has 3 heterocycles. The molecule has 4 N–H and O–H groups in total. The molecule has 0 aliphatic carbocycles. The average Bonchev–Trinajstić information content (AvgIpc) is 3.96. The van der Waals surface area contributed by atoms with E-state index in [-0.39, 0.29) is 53.8 Å². The van der Waals surface area contributed by atoms with E-state index in [2.05, 4.69) is 26.2 Å². The van der Waals surface area contributed by atoms with Crippen LogP contribution in [0.3, 0.4) is 0 Å². The number of imide groups is 1. The molecule has 0 aromatic heterocycles. The Morgan fingerprint density at radius 2 is 1.47 bits per heavy atom. The van der Waals surface area contributed by atoms with Crippen LogP contribution in [0.25, 0.3) is 0 Å². The van der Waals surface area contributed by atoms with E-state index in [1.165, 1.54) is 13.8 Å². The van der Waals surface area contributed by atoms with Gasteiger partial charge in [0.2, 0.25) is 41.4 Å². The van der Waals surface area contributed by atoms with Crippen LogP contribution in [-0.4, -0.2) is 188 Å². The molecule has 0 saturated carbocycles. The molecule has 3 aliphatic rings. The minimum Gasteiger partial charge on any atom is -0.379 e. The minimum absolute atomic E-state index is 0.00440. The van der Waals surface area contributed by atoms with Crippen molar-refractivity contribution < 1.29 is 52.6 Å². The zero-order valence-corrected chi connectivity index (χ0v) is 44.5. The number of ether oxygens (including phenoxy) is 2. The summed E-state index contributed by atoms with van der Waals surface area (Å²) in [7, 11) is 8.55. The predicted octanol–water partition coefficient (Wildman–Crippen LogP) is 1.96. The summed E-state index contributed by atoms with van der Waals surface area (Å²) in [5.74, 6) is -4.81. The Kier molecular flexibility index (Phi) is 22.4. The molecule has 0 spiro atoms. The Hall–Kier alpha value is -5.73. The number of methoxy groups -OCH3 is 2. The van der Waals surface area contributed by atoms with Gasteiger partial charge in [-0.2, -0.15) is 0 Å². The van der Waals surface area contributed by atoms with Gasteiger partial charge < -0.3 is 50.3 Å². The van der Waals surface area contributed by atoms with Crippen LogP contribution in [0.15, 0.2) is 36.4 Å². The van der Waals surface area contributed by atoms with E-state index in [9.17, 15) is 43.2 Å². The van der Waals surface area contributed by atoms with E-state index in [4.69, 9.17) is 9.47 Å². The van der Waals surface area contributed by atoms with Crippen LogP contribution in [0.4, 0.5) is 5.69 Å². The van der Waals surface area contributed by atoms with Gasteiger partial charge in [-0.1, -0.05) is 53.2 Å². The van der Waals surface area contributed by atoms with E-state index in [1.807, 2.05) is 47.7 Å². The molecule has 2 saturated heterocycles. The van der Waals surface area contributed by atoms with Gasteiger partial charge in [0.15, 0.2) is 0 Å². The largest absolute Gasteiger partial charge is 0.379 e. The van der Waals surface area contributed by atoms with E-state index >= 15 is 0 Å². The van der Waals surface area contributed by atoms with Crippen molar-refractivity contribution in [2.75, 3.05) is 73.4 Å². The number of anilines is 1. The second kappa shape index (κ2) is 27.4. The highest BCUT2D eigenvalue weighted by Gasteiger charge is 2.43. The zero-order valence-electron chi connectivity index (χ0n) is 44.5. The van der Waals surface area contributed by atoms with E-state index < -0.39 is 78.4 Å². The molecule has 9 amide bonds. The summed E-state index contributed by atoms with van der Waals surface area (Å²) in [4.78, 5) is 126. The summed E-state index contributed by atoms with van der Waals surface area (Å²) < 4.78 is 12.1. The van der Waals surface area contributed by atoms with Crippen LogP contribution in [0.1, 0.15) is 92.6 Å². The Morgan fingerprint density at radius 1 is 0.819 bits per heavy atom. The van der Waals surface area contributed by atoms with Gasteiger partial charge >= 0.3 is 0 Å². The molecule has 0 bridgehead atoms. The molecular formula is C52H81N9O11. The number of carbonyl (C=O) groups excluding carboxylic acids is 9. The summed E-state index contributed by atoms with van der Waals surface area (Å²) in [6.45, 7) is 14.5. The van der Waals surface area contributed by atoms with Gasteiger partial charge in [-0.15, -0.1) is 0 Å². The number of likely N-dealkylation sites (N-methyl/N-ethyl adjacent to an activating group) is 2. The van der Waals surface area contributed by atoms with Crippen molar-refractivity contribution in [1.29, 1.82) is 0 Å². The lowest BCUT2D eigenvalue weighted by Crippen LogP contribution is -2.58. The minimum atomic E-state index is -1.06. The molecule has 0 radical (unpaired) electrons. The number of piperidine rings is 1. The van der Waals surface area contributed by atoms with Crippen LogP contribution >= 0.6 is 0 Å². The lowest BCUT2D eigenvalue weighted by molar-refractivity contribution is -0.149. The van der Waals surface area contributed by atoms with Crippen molar-refractivity contribution in [3.8, 4) is 0 Å². The van der Waals surface area contributed by atoms with Crippen LogP contribution in [0.5, 0.6) is 0 Å². The first-order chi connectivity index (χ1) is 34.0. The van der Waals surface area contributed by atoms with Crippen molar-refractivity contribution >= 4 is 58.9 Å². The van der Waals surface area contributed by atoms with Gasteiger partial charge in [0.25, 0.3) is 11.8 Å². The highest BCUT2D eigenvalue weighted by atomic mass is 16.5.